The van der Waals surface area contributed by atoms with Gasteiger partial charge in [0.1, 0.15) is 22.7 Å². The molecule has 0 radical (unpaired) electrons. The van der Waals surface area contributed by atoms with Crippen molar-refractivity contribution in [2.24, 2.45) is 0 Å². The van der Waals surface area contributed by atoms with Crippen molar-refractivity contribution in [2.45, 2.75) is 6.92 Å². The molecular formula is C23H17N7OS. The summed E-state index contributed by atoms with van der Waals surface area (Å²) in [7, 11) is 1.62. The van der Waals surface area contributed by atoms with Crippen LogP contribution in [0.3, 0.4) is 0 Å². The summed E-state index contributed by atoms with van der Waals surface area (Å²) >= 11 is 1.70. The van der Waals surface area contributed by atoms with E-state index in [0.29, 0.717) is 22.9 Å². The number of rotatable bonds is 4. The van der Waals surface area contributed by atoms with E-state index in [0.717, 1.165) is 38.1 Å². The summed E-state index contributed by atoms with van der Waals surface area (Å²) < 4.78 is 5.30. The maximum Gasteiger partial charge on any atom is 0.159 e. The maximum atomic E-state index is 5.30. The minimum Gasteiger partial charge on any atom is -0.495 e. The van der Waals surface area contributed by atoms with Crippen LogP contribution in [0.1, 0.15) is 4.88 Å². The standard InChI is InChI=1S/C23H17N7OS/c1-12-3-4-18(32-12)21-20-17(5-6-25-21)27-23(28-20)19-16-8-14(10-26-22(16)30-29-19)13-7-15(31-2)11-24-9-13/h3-11H,1-2H3,(H,27,28)(H,26,29,30). The van der Waals surface area contributed by atoms with Crippen LogP contribution in [0, 0.1) is 6.92 Å². The Kier molecular flexibility index (Phi) is 4.22. The van der Waals surface area contributed by atoms with Gasteiger partial charge in [-0.3, -0.25) is 15.1 Å². The summed E-state index contributed by atoms with van der Waals surface area (Å²) in [5, 5.41) is 8.37. The molecule has 0 amide bonds. The Morgan fingerprint density at radius 2 is 1.88 bits per heavy atom. The zero-order valence-corrected chi connectivity index (χ0v) is 18.1. The molecule has 6 aromatic rings. The predicted octanol–water partition coefficient (Wildman–Crippen LogP) is 5.00. The van der Waals surface area contributed by atoms with E-state index in [1.165, 1.54) is 4.88 Å². The summed E-state index contributed by atoms with van der Waals surface area (Å²) in [6, 6.07) is 10.1. The number of hydrogen-bond donors (Lipinski definition) is 2. The molecular weight excluding hydrogens is 422 g/mol. The van der Waals surface area contributed by atoms with Crippen molar-refractivity contribution in [1.82, 2.24) is 35.1 Å². The van der Waals surface area contributed by atoms with E-state index < -0.39 is 0 Å². The molecule has 0 unspecified atom stereocenters. The molecule has 8 nitrogen and oxygen atoms in total. The highest BCUT2D eigenvalue weighted by Crippen LogP contribution is 2.34. The van der Waals surface area contributed by atoms with Gasteiger partial charge in [0.2, 0.25) is 0 Å². The Balaban J connectivity index is 1.49. The number of ether oxygens (including phenoxy) is 1. The quantitative estimate of drug-likeness (QED) is 0.400. The van der Waals surface area contributed by atoms with E-state index in [2.05, 4.69) is 49.2 Å². The fraction of sp³-hybridized carbons (Fsp3) is 0.0870. The van der Waals surface area contributed by atoms with Crippen molar-refractivity contribution in [3.05, 3.63) is 60.0 Å². The third-order valence-electron chi connectivity index (χ3n) is 5.30. The van der Waals surface area contributed by atoms with Crippen LogP contribution in [-0.4, -0.2) is 42.2 Å². The lowest BCUT2D eigenvalue weighted by Gasteiger charge is -2.04. The van der Waals surface area contributed by atoms with E-state index in [1.54, 1.807) is 43.2 Å². The first-order chi connectivity index (χ1) is 15.7. The minimum atomic E-state index is 0.663. The fourth-order valence-corrected chi connectivity index (χ4v) is 4.58. The Hall–Kier alpha value is -4.11. The Labute approximate surface area is 186 Å². The molecule has 0 atom stereocenters. The van der Waals surface area contributed by atoms with Gasteiger partial charge in [-0.2, -0.15) is 5.10 Å². The zero-order chi connectivity index (χ0) is 21.7. The molecule has 0 aliphatic rings. The third kappa shape index (κ3) is 3.02. The lowest BCUT2D eigenvalue weighted by molar-refractivity contribution is 0.413. The minimum absolute atomic E-state index is 0.663. The number of aromatic amines is 2. The molecule has 6 heterocycles. The number of fused-ring (bicyclic) bond motifs is 2. The van der Waals surface area contributed by atoms with Gasteiger partial charge in [-0.1, -0.05) is 0 Å². The Morgan fingerprint density at radius 3 is 2.72 bits per heavy atom. The van der Waals surface area contributed by atoms with Gasteiger partial charge >= 0.3 is 0 Å². The van der Waals surface area contributed by atoms with Crippen molar-refractivity contribution in [1.29, 1.82) is 0 Å². The summed E-state index contributed by atoms with van der Waals surface area (Å²) in [5.74, 6) is 1.35. The molecule has 0 aliphatic heterocycles. The largest absolute Gasteiger partial charge is 0.495 e. The van der Waals surface area contributed by atoms with E-state index in [9.17, 15) is 0 Å². The van der Waals surface area contributed by atoms with Crippen LogP contribution < -0.4 is 4.74 Å². The van der Waals surface area contributed by atoms with Gasteiger partial charge in [-0.15, -0.1) is 11.3 Å². The highest BCUT2D eigenvalue weighted by Gasteiger charge is 2.17. The number of thiophene rings is 1. The molecule has 0 aromatic carbocycles. The summed E-state index contributed by atoms with van der Waals surface area (Å²) in [6.45, 7) is 2.09. The highest BCUT2D eigenvalue weighted by atomic mass is 32.1. The average molecular weight is 440 g/mol. The number of imidazole rings is 1. The number of hydrogen-bond acceptors (Lipinski definition) is 7. The summed E-state index contributed by atoms with van der Waals surface area (Å²) in [6.07, 6.45) is 7.05. The molecule has 9 heteroatoms. The van der Waals surface area contributed by atoms with E-state index in [4.69, 9.17) is 9.72 Å². The number of H-pyrrole nitrogens is 2. The third-order valence-corrected chi connectivity index (χ3v) is 6.31. The monoisotopic (exact) mass is 439 g/mol. The molecule has 0 fully saturated rings. The molecule has 0 bridgehead atoms. The maximum absolute atomic E-state index is 5.30. The van der Waals surface area contributed by atoms with Gasteiger partial charge in [-0.25, -0.2) is 9.97 Å². The smallest absolute Gasteiger partial charge is 0.159 e. The van der Waals surface area contributed by atoms with E-state index in [-0.39, 0.29) is 0 Å². The molecule has 0 spiro atoms. The normalized spacial score (nSPS) is 11.4. The van der Waals surface area contributed by atoms with Crippen LogP contribution in [-0.2, 0) is 0 Å². The van der Waals surface area contributed by atoms with Crippen LogP contribution in [0.25, 0.3) is 55.3 Å². The van der Waals surface area contributed by atoms with E-state index in [1.807, 2.05) is 18.2 Å². The van der Waals surface area contributed by atoms with Gasteiger partial charge in [-0.05, 0) is 37.3 Å². The second kappa shape index (κ2) is 7.24. The Morgan fingerprint density at radius 1 is 0.969 bits per heavy atom. The topological polar surface area (TPSA) is 105 Å². The number of methoxy groups -OCH3 is 1. The molecule has 0 saturated heterocycles. The van der Waals surface area contributed by atoms with Gasteiger partial charge < -0.3 is 9.72 Å². The highest BCUT2D eigenvalue weighted by molar-refractivity contribution is 7.15. The summed E-state index contributed by atoms with van der Waals surface area (Å²) in [4.78, 5) is 24.0. The van der Waals surface area contributed by atoms with Crippen molar-refractivity contribution < 1.29 is 4.74 Å². The van der Waals surface area contributed by atoms with Crippen LogP contribution >= 0.6 is 11.3 Å². The second-order valence-corrected chi connectivity index (χ2v) is 8.65. The number of nitrogens with zero attached hydrogens (tertiary/aromatic N) is 5. The number of pyridine rings is 3. The van der Waals surface area contributed by atoms with Gasteiger partial charge in [0.05, 0.1) is 29.1 Å². The van der Waals surface area contributed by atoms with Crippen molar-refractivity contribution in [3.8, 4) is 39.0 Å². The lowest BCUT2D eigenvalue weighted by atomic mass is 10.1. The van der Waals surface area contributed by atoms with Crippen molar-refractivity contribution in [2.75, 3.05) is 7.11 Å². The van der Waals surface area contributed by atoms with Crippen LogP contribution in [0.15, 0.2) is 55.1 Å². The average Bonchev–Trinajstić information content (AvgIpc) is 3.55. The molecule has 0 aliphatic carbocycles. The first-order valence-electron chi connectivity index (χ1n) is 9.95. The number of aryl methyl sites for hydroxylation is 1. The van der Waals surface area contributed by atoms with Crippen LogP contribution in [0.2, 0.25) is 0 Å². The van der Waals surface area contributed by atoms with Crippen molar-refractivity contribution >= 4 is 33.4 Å². The van der Waals surface area contributed by atoms with Gasteiger partial charge in [0.25, 0.3) is 0 Å². The molecule has 156 valence electrons. The van der Waals surface area contributed by atoms with Gasteiger partial charge in [0.15, 0.2) is 11.5 Å². The fourth-order valence-electron chi connectivity index (χ4n) is 3.72. The van der Waals surface area contributed by atoms with Crippen molar-refractivity contribution in [3.63, 3.8) is 0 Å². The number of aromatic nitrogens is 7. The first-order valence-corrected chi connectivity index (χ1v) is 10.8. The molecule has 0 saturated carbocycles. The van der Waals surface area contributed by atoms with Crippen LogP contribution in [0.5, 0.6) is 5.75 Å². The summed E-state index contributed by atoms with van der Waals surface area (Å²) in [5.41, 5.74) is 5.82. The molecule has 32 heavy (non-hydrogen) atoms. The first kappa shape index (κ1) is 18.6. The lowest BCUT2D eigenvalue weighted by Crippen LogP contribution is -1.88. The molecule has 2 N–H and O–H groups in total. The van der Waals surface area contributed by atoms with Gasteiger partial charge in [0, 0.05) is 34.6 Å². The predicted molar refractivity (Wildman–Crippen MR) is 125 cm³/mol. The molecule has 6 aromatic heterocycles. The SMILES string of the molecule is COc1cncc(-c2cnc3[nH]nc(-c4nc5c(-c6ccc(C)s6)nccc5[nH]4)c3c2)c1. The second-order valence-electron chi connectivity index (χ2n) is 7.36. The Bertz CT molecular complexity index is 1600. The molecule has 6 rings (SSSR count). The van der Waals surface area contributed by atoms with E-state index >= 15 is 0 Å². The number of nitrogens with one attached hydrogen (secondary N) is 2. The van der Waals surface area contributed by atoms with Crippen LogP contribution in [0.4, 0.5) is 0 Å². The zero-order valence-electron chi connectivity index (χ0n) is 17.2.